The lowest BCUT2D eigenvalue weighted by molar-refractivity contribution is 0.367. The Morgan fingerprint density at radius 1 is 1.26 bits per heavy atom. The molecular weight excluding hydrogens is 240 g/mol. The fourth-order valence-electron chi connectivity index (χ4n) is 1.76. The first-order valence-electron chi connectivity index (χ1n) is 6.20. The third kappa shape index (κ3) is 4.49. The summed E-state index contributed by atoms with van der Waals surface area (Å²) in [5, 5.41) is 11.8. The van der Waals surface area contributed by atoms with Gasteiger partial charge in [0.2, 0.25) is 0 Å². The van der Waals surface area contributed by atoms with Gasteiger partial charge >= 0.3 is 0 Å². The molecule has 0 bridgehead atoms. The topological polar surface area (TPSA) is 58.2 Å². The van der Waals surface area contributed by atoms with Gasteiger partial charge in [0.05, 0.1) is 6.26 Å². The Morgan fingerprint density at radius 3 is 3.00 bits per heavy atom. The summed E-state index contributed by atoms with van der Waals surface area (Å²) in [4.78, 5) is 0. The van der Waals surface area contributed by atoms with Crippen molar-refractivity contribution >= 4 is 0 Å². The van der Waals surface area contributed by atoms with Crippen LogP contribution in [0.3, 0.4) is 0 Å². The van der Waals surface area contributed by atoms with E-state index in [9.17, 15) is 0 Å². The highest BCUT2D eigenvalue weighted by Crippen LogP contribution is 2.13. The fourth-order valence-corrected chi connectivity index (χ4v) is 1.76. The molecular formula is C15H16N2O2. The van der Waals surface area contributed by atoms with Crippen molar-refractivity contribution in [3.05, 3.63) is 54.0 Å². The molecule has 0 radical (unpaired) electrons. The van der Waals surface area contributed by atoms with E-state index in [2.05, 4.69) is 5.32 Å². The van der Waals surface area contributed by atoms with Crippen LogP contribution in [0.2, 0.25) is 0 Å². The number of rotatable bonds is 7. The van der Waals surface area contributed by atoms with E-state index < -0.39 is 0 Å². The predicted octanol–water partition coefficient (Wildman–Crippen LogP) is 2.51. The molecule has 19 heavy (non-hydrogen) atoms. The number of hydrogen-bond acceptors (Lipinski definition) is 4. The first-order valence-corrected chi connectivity index (χ1v) is 6.20. The molecule has 1 N–H and O–H groups in total. The second-order valence-corrected chi connectivity index (χ2v) is 4.10. The van der Waals surface area contributed by atoms with Gasteiger partial charge in [0, 0.05) is 19.5 Å². The van der Waals surface area contributed by atoms with Crippen molar-refractivity contribution in [3.8, 4) is 11.8 Å². The largest absolute Gasteiger partial charge is 0.479 e. The Hall–Kier alpha value is -2.25. The van der Waals surface area contributed by atoms with E-state index in [-0.39, 0.29) is 6.61 Å². The van der Waals surface area contributed by atoms with Gasteiger partial charge in [-0.1, -0.05) is 12.1 Å². The molecule has 1 aromatic carbocycles. The van der Waals surface area contributed by atoms with Crippen molar-refractivity contribution in [2.75, 3.05) is 13.2 Å². The van der Waals surface area contributed by atoms with Crippen molar-refractivity contribution in [1.29, 1.82) is 5.26 Å². The highest BCUT2D eigenvalue weighted by atomic mass is 16.5. The predicted molar refractivity (Wildman–Crippen MR) is 71.7 cm³/mol. The third-order valence-electron chi connectivity index (χ3n) is 2.66. The normalized spacial score (nSPS) is 10.1. The van der Waals surface area contributed by atoms with Crippen molar-refractivity contribution in [2.45, 2.75) is 13.0 Å². The molecule has 0 aliphatic heterocycles. The molecule has 0 amide bonds. The maximum atomic E-state index is 8.46. The first kappa shape index (κ1) is 13.2. The van der Waals surface area contributed by atoms with Crippen molar-refractivity contribution in [1.82, 2.24) is 5.32 Å². The Kier molecular flexibility index (Phi) is 5.03. The number of nitrogens with zero attached hydrogens (tertiary/aromatic N) is 1. The molecule has 0 aliphatic carbocycles. The van der Waals surface area contributed by atoms with E-state index in [4.69, 9.17) is 14.4 Å². The Balaban J connectivity index is 1.74. The smallest absolute Gasteiger partial charge is 0.174 e. The summed E-state index contributed by atoms with van der Waals surface area (Å²) in [6.07, 6.45) is 2.56. The van der Waals surface area contributed by atoms with E-state index in [0.717, 1.165) is 36.6 Å². The van der Waals surface area contributed by atoms with Gasteiger partial charge in [-0.2, -0.15) is 5.26 Å². The van der Waals surface area contributed by atoms with Crippen LogP contribution in [0.4, 0.5) is 0 Å². The van der Waals surface area contributed by atoms with Crippen molar-refractivity contribution in [2.24, 2.45) is 0 Å². The zero-order valence-electron chi connectivity index (χ0n) is 10.6. The molecule has 0 saturated heterocycles. The molecule has 0 atom stereocenters. The molecule has 4 heteroatoms. The molecule has 0 unspecified atom stereocenters. The molecule has 1 aromatic heterocycles. The lowest BCUT2D eigenvalue weighted by Gasteiger charge is -2.06. The van der Waals surface area contributed by atoms with E-state index in [1.807, 2.05) is 42.5 Å². The fraction of sp³-hybridized carbons (Fsp3) is 0.267. The SMILES string of the molecule is N#CCOc1cccc(CNCCc2ccco2)c1. The average Bonchev–Trinajstić information content (AvgIpc) is 2.95. The first-order chi connectivity index (χ1) is 9.38. The van der Waals surface area contributed by atoms with Crippen LogP contribution in [0.5, 0.6) is 5.75 Å². The van der Waals surface area contributed by atoms with E-state index in [1.54, 1.807) is 6.26 Å². The summed E-state index contributed by atoms with van der Waals surface area (Å²) >= 11 is 0. The number of ether oxygens (including phenoxy) is 1. The zero-order chi connectivity index (χ0) is 13.3. The highest BCUT2D eigenvalue weighted by Gasteiger charge is 1.98. The zero-order valence-corrected chi connectivity index (χ0v) is 10.6. The quantitative estimate of drug-likeness (QED) is 0.773. The van der Waals surface area contributed by atoms with E-state index in [1.165, 1.54) is 0 Å². The minimum Gasteiger partial charge on any atom is -0.479 e. The standard InChI is InChI=1S/C15H16N2O2/c16-7-10-19-15-4-1-3-13(11-15)12-17-8-6-14-5-2-9-18-14/h1-5,9,11,17H,6,8,10,12H2. The van der Waals surface area contributed by atoms with Gasteiger partial charge in [0.15, 0.2) is 6.61 Å². The van der Waals surface area contributed by atoms with Crippen LogP contribution in [0.1, 0.15) is 11.3 Å². The maximum Gasteiger partial charge on any atom is 0.174 e. The lowest BCUT2D eigenvalue weighted by atomic mass is 10.2. The highest BCUT2D eigenvalue weighted by molar-refractivity contribution is 5.28. The summed E-state index contributed by atoms with van der Waals surface area (Å²) in [5.74, 6) is 1.71. The summed E-state index contributed by atoms with van der Waals surface area (Å²) < 4.78 is 10.5. The summed E-state index contributed by atoms with van der Waals surface area (Å²) in [6, 6.07) is 13.6. The van der Waals surface area contributed by atoms with Crippen molar-refractivity contribution in [3.63, 3.8) is 0 Å². The molecule has 0 spiro atoms. The van der Waals surface area contributed by atoms with E-state index >= 15 is 0 Å². The van der Waals surface area contributed by atoms with Gasteiger partial charge in [-0.15, -0.1) is 0 Å². The van der Waals surface area contributed by atoms with Crippen LogP contribution < -0.4 is 10.1 Å². The van der Waals surface area contributed by atoms with E-state index in [0.29, 0.717) is 0 Å². The van der Waals surface area contributed by atoms with Crippen LogP contribution in [0, 0.1) is 11.3 Å². The van der Waals surface area contributed by atoms with Crippen LogP contribution in [0.25, 0.3) is 0 Å². The monoisotopic (exact) mass is 256 g/mol. The maximum absolute atomic E-state index is 8.46. The number of nitriles is 1. The minimum absolute atomic E-state index is 0.0787. The second kappa shape index (κ2) is 7.24. The van der Waals surface area contributed by atoms with Gasteiger partial charge in [0.25, 0.3) is 0 Å². The number of furan rings is 1. The van der Waals surface area contributed by atoms with Gasteiger partial charge in [-0.25, -0.2) is 0 Å². The van der Waals surface area contributed by atoms with Crippen LogP contribution in [-0.4, -0.2) is 13.2 Å². The van der Waals surface area contributed by atoms with Gasteiger partial charge in [-0.3, -0.25) is 0 Å². The molecule has 2 rings (SSSR count). The molecule has 0 aliphatic rings. The van der Waals surface area contributed by atoms with Gasteiger partial charge in [-0.05, 0) is 29.8 Å². The molecule has 0 fully saturated rings. The lowest BCUT2D eigenvalue weighted by Crippen LogP contribution is -2.16. The third-order valence-corrected chi connectivity index (χ3v) is 2.66. The summed E-state index contributed by atoms with van der Waals surface area (Å²) in [6.45, 7) is 1.70. The Labute approximate surface area is 112 Å². The van der Waals surface area contributed by atoms with Crippen LogP contribution in [0.15, 0.2) is 47.1 Å². The molecule has 4 nitrogen and oxygen atoms in total. The molecule has 0 saturated carbocycles. The molecule has 1 heterocycles. The van der Waals surface area contributed by atoms with Crippen LogP contribution in [-0.2, 0) is 13.0 Å². The summed E-state index contributed by atoms with van der Waals surface area (Å²) in [5.41, 5.74) is 1.13. The molecule has 98 valence electrons. The van der Waals surface area contributed by atoms with Gasteiger partial charge < -0.3 is 14.5 Å². The Bertz CT molecular complexity index is 529. The van der Waals surface area contributed by atoms with Gasteiger partial charge in [0.1, 0.15) is 17.6 Å². The number of benzene rings is 1. The number of nitrogens with one attached hydrogen (secondary N) is 1. The summed E-state index contributed by atoms with van der Waals surface area (Å²) in [7, 11) is 0. The van der Waals surface area contributed by atoms with Crippen molar-refractivity contribution < 1.29 is 9.15 Å². The average molecular weight is 256 g/mol. The van der Waals surface area contributed by atoms with Crippen LogP contribution >= 0.6 is 0 Å². The second-order valence-electron chi connectivity index (χ2n) is 4.10. The molecule has 2 aromatic rings. The number of hydrogen-bond donors (Lipinski definition) is 1. The Morgan fingerprint density at radius 2 is 2.21 bits per heavy atom. The minimum atomic E-state index is 0.0787.